The smallest absolute Gasteiger partial charge is 0.0444 e. The van der Waals surface area contributed by atoms with E-state index in [0.717, 1.165) is 13.0 Å². The third-order valence-corrected chi connectivity index (χ3v) is 3.18. The fourth-order valence-electron chi connectivity index (χ4n) is 1.96. The van der Waals surface area contributed by atoms with E-state index in [9.17, 15) is 0 Å². The SMILES string of the molecule is C/C=C/CCNC(CN)c1ccc(C(C)C)cc1. The van der Waals surface area contributed by atoms with Crippen LogP contribution in [0.5, 0.6) is 0 Å². The van der Waals surface area contributed by atoms with Crippen molar-refractivity contribution in [1.82, 2.24) is 5.32 Å². The summed E-state index contributed by atoms with van der Waals surface area (Å²) >= 11 is 0. The van der Waals surface area contributed by atoms with Gasteiger partial charge in [0.05, 0.1) is 0 Å². The predicted octanol–water partition coefficient (Wildman–Crippen LogP) is 3.37. The summed E-state index contributed by atoms with van der Waals surface area (Å²) in [6.07, 6.45) is 5.30. The van der Waals surface area contributed by atoms with Crippen molar-refractivity contribution in [2.24, 2.45) is 5.73 Å². The molecule has 1 rings (SSSR count). The summed E-state index contributed by atoms with van der Waals surface area (Å²) in [7, 11) is 0. The van der Waals surface area contributed by atoms with Gasteiger partial charge in [-0.05, 0) is 36.9 Å². The minimum absolute atomic E-state index is 0.261. The van der Waals surface area contributed by atoms with Crippen molar-refractivity contribution >= 4 is 0 Å². The summed E-state index contributed by atoms with van der Waals surface area (Å²) < 4.78 is 0. The molecule has 100 valence electrons. The molecule has 0 aromatic heterocycles. The zero-order valence-electron chi connectivity index (χ0n) is 11.8. The Labute approximate surface area is 111 Å². The predicted molar refractivity (Wildman–Crippen MR) is 79.8 cm³/mol. The van der Waals surface area contributed by atoms with E-state index in [2.05, 4.69) is 55.6 Å². The average molecular weight is 246 g/mol. The Bertz CT molecular complexity index is 352. The molecule has 1 aromatic rings. The molecule has 0 bridgehead atoms. The molecule has 0 radical (unpaired) electrons. The minimum atomic E-state index is 0.261. The first-order valence-corrected chi connectivity index (χ1v) is 6.83. The minimum Gasteiger partial charge on any atom is -0.329 e. The monoisotopic (exact) mass is 246 g/mol. The summed E-state index contributed by atoms with van der Waals surface area (Å²) in [6, 6.07) is 9.05. The molecule has 18 heavy (non-hydrogen) atoms. The normalized spacial score (nSPS) is 13.4. The Kier molecular flexibility index (Phi) is 6.69. The molecule has 0 amide bonds. The van der Waals surface area contributed by atoms with Crippen molar-refractivity contribution in [3.05, 3.63) is 47.5 Å². The van der Waals surface area contributed by atoms with Gasteiger partial charge < -0.3 is 11.1 Å². The fraction of sp³-hybridized carbons (Fsp3) is 0.500. The van der Waals surface area contributed by atoms with E-state index < -0.39 is 0 Å². The Morgan fingerprint density at radius 1 is 1.17 bits per heavy atom. The van der Waals surface area contributed by atoms with E-state index in [-0.39, 0.29) is 6.04 Å². The molecular weight excluding hydrogens is 220 g/mol. The summed E-state index contributed by atoms with van der Waals surface area (Å²) in [5.74, 6) is 0.582. The van der Waals surface area contributed by atoms with Crippen LogP contribution in [-0.2, 0) is 0 Å². The van der Waals surface area contributed by atoms with E-state index in [4.69, 9.17) is 5.73 Å². The standard InChI is InChI=1S/C16H26N2/c1-4-5-6-11-18-16(12-17)15-9-7-14(8-10-15)13(2)3/h4-5,7-10,13,16,18H,6,11-12,17H2,1-3H3/b5-4+. The highest BCUT2D eigenvalue weighted by Crippen LogP contribution is 2.18. The van der Waals surface area contributed by atoms with Crippen LogP contribution in [-0.4, -0.2) is 13.1 Å². The Morgan fingerprint density at radius 2 is 1.78 bits per heavy atom. The van der Waals surface area contributed by atoms with Gasteiger partial charge in [-0.15, -0.1) is 0 Å². The van der Waals surface area contributed by atoms with Crippen LogP contribution in [0.1, 0.15) is 50.3 Å². The molecule has 2 nitrogen and oxygen atoms in total. The van der Waals surface area contributed by atoms with E-state index in [1.807, 2.05) is 6.92 Å². The van der Waals surface area contributed by atoms with E-state index >= 15 is 0 Å². The molecule has 1 atom stereocenters. The number of benzene rings is 1. The van der Waals surface area contributed by atoms with Gasteiger partial charge in [-0.1, -0.05) is 50.3 Å². The second-order valence-electron chi connectivity index (χ2n) is 4.92. The van der Waals surface area contributed by atoms with Gasteiger partial charge in [0.25, 0.3) is 0 Å². The van der Waals surface area contributed by atoms with Crippen LogP contribution in [0.15, 0.2) is 36.4 Å². The molecule has 2 heteroatoms. The van der Waals surface area contributed by atoms with Crippen LogP contribution in [0.2, 0.25) is 0 Å². The molecule has 0 heterocycles. The quantitative estimate of drug-likeness (QED) is 0.572. The topological polar surface area (TPSA) is 38.0 Å². The van der Waals surface area contributed by atoms with Crippen molar-refractivity contribution in [3.8, 4) is 0 Å². The van der Waals surface area contributed by atoms with Gasteiger partial charge >= 0.3 is 0 Å². The molecule has 3 N–H and O–H groups in total. The van der Waals surface area contributed by atoms with E-state index in [1.54, 1.807) is 0 Å². The highest BCUT2D eigenvalue weighted by molar-refractivity contribution is 5.27. The summed E-state index contributed by atoms with van der Waals surface area (Å²) in [5.41, 5.74) is 8.50. The van der Waals surface area contributed by atoms with Gasteiger partial charge in [0.2, 0.25) is 0 Å². The molecule has 1 unspecified atom stereocenters. The first kappa shape index (κ1) is 14.9. The summed E-state index contributed by atoms with van der Waals surface area (Å²) in [5, 5.41) is 3.49. The molecule has 0 saturated heterocycles. The van der Waals surface area contributed by atoms with E-state index in [1.165, 1.54) is 11.1 Å². The number of rotatable bonds is 7. The third kappa shape index (κ3) is 4.63. The third-order valence-electron chi connectivity index (χ3n) is 3.18. The molecule has 0 aliphatic heterocycles. The maximum absolute atomic E-state index is 5.84. The number of hydrogen-bond donors (Lipinski definition) is 2. The maximum Gasteiger partial charge on any atom is 0.0444 e. The highest BCUT2D eigenvalue weighted by Gasteiger charge is 2.08. The zero-order valence-corrected chi connectivity index (χ0v) is 11.8. The Hall–Kier alpha value is -1.12. The number of nitrogens with two attached hydrogens (primary N) is 1. The van der Waals surface area contributed by atoms with Crippen molar-refractivity contribution in [2.45, 2.75) is 39.2 Å². The van der Waals surface area contributed by atoms with Crippen LogP contribution >= 0.6 is 0 Å². The van der Waals surface area contributed by atoms with Gasteiger partial charge in [0, 0.05) is 12.6 Å². The lowest BCUT2D eigenvalue weighted by atomic mass is 9.99. The first-order valence-electron chi connectivity index (χ1n) is 6.83. The van der Waals surface area contributed by atoms with Gasteiger partial charge in [-0.2, -0.15) is 0 Å². The van der Waals surface area contributed by atoms with Crippen LogP contribution in [0.4, 0.5) is 0 Å². The van der Waals surface area contributed by atoms with Crippen LogP contribution in [0.25, 0.3) is 0 Å². The Morgan fingerprint density at radius 3 is 2.28 bits per heavy atom. The largest absolute Gasteiger partial charge is 0.329 e. The number of allylic oxidation sites excluding steroid dienone is 1. The van der Waals surface area contributed by atoms with Crippen molar-refractivity contribution < 1.29 is 0 Å². The molecule has 0 aliphatic rings. The van der Waals surface area contributed by atoms with Crippen molar-refractivity contribution in [3.63, 3.8) is 0 Å². The molecule has 1 aromatic carbocycles. The second kappa shape index (κ2) is 8.06. The number of nitrogens with one attached hydrogen (secondary N) is 1. The maximum atomic E-state index is 5.84. The molecule has 0 spiro atoms. The van der Waals surface area contributed by atoms with Crippen molar-refractivity contribution in [1.29, 1.82) is 0 Å². The van der Waals surface area contributed by atoms with Crippen LogP contribution < -0.4 is 11.1 Å². The lowest BCUT2D eigenvalue weighted by molar-refractivity contribution is 0.548. The van der Waals surface area contributed by atoms with E-state index in [0.29, 0.717) is 12.5 Å². The highest BCUT2D eigenvalue weighted by atomic mass is 14.9. The molecule has 0 aliphatic carbocycles. The molecular formula is C16H26N2. The summed E-state index contributed by atoms with van der Waals surface area (Å²) in [4.78, 5) is 0. The fourth-order valence-corrected chi connectivity index (χ4v) is 1.96. The lowest BCUT2D eigenvalue weighted by Gasteiger charge is -2.17. The zero-order chi connectivity index (χ0) is 13.4. The van der Waals surface area contributed by atoms with Gasteiger partial charge in [0.15, 0.2) is 0 Å². The lowest BCUT2D eigenvalue weighted by Crippen LogP contribution is -2.28. The molecule has 0 fully saturated rings. The van der Waals surface area contributed by atoms with Gasteiger partial charge in [0.1, 0.15) is 0 Å². The summed E-state index contributed by atoms with van der Waals surface area (Å²) in [6.45, 7) is 8.08. The Balaban J connectivity index is 2.58. The van der Waals surface area contributed by atoms with Gasteiger partial charge in [-0.25, -0.2) is 0 Å². The van der Waals surface area contributed by atoms with Crippen LogP contribution in [0.3, 0.4) is 0 Å². The van der Waals surface area contributed by atoms with Crippen LogP contribution in [0, 0.1) is 0 Å². The van der Waals surface area contributed by atoms with Gasteiger partial charge in [-0.3, -0.25) is 0 Å². The van der Waals surface area contributed by atoms with Crippen molar-refractivity contribution in [2.75, 3.05) is 13.1 Å². The average Bonchev–Trinajstić information content (AvgIpc) is 2.39. The first-order chi connectivity index (χ1) is 8.69. The molecule has 0 saturated carbocycles. The second-order valence-corrected chi connectivity index (χ2v) is 4.92. The number of hydrogen-bond acceptors (Lipinski definition) is 2.